The van der Waals surface area contributed by atoms with Crippen LogP contribution in [0, 0.1) is 6.92 Å². The SMILES string of the molecule is Cc1cc(OC(C)C)ccc1NC1CCOCC1. The van der Waals surface area contributed by atoms with E-state index in [4.69, 9.17) is 9.47 Å². The normalized spacial score (nSPS) is 16.9. The van der Waals surface area contributed by atoms with Crippen LogP contribution in [0.15, 0.2) is 18.2 Å². The smallest absolute Gasteiger partial charge is 0.120 e. The van der Waals surface area contributed by atoms with Crippen LogP contribution in [0.25, 0.3) is 0 Å². The molecule has 0 spiro atoms. The van der Waals surface area contributed by atoms with Gasteiger partial charge in [-0.2, -0.15) is 0 Å². The second kappa shape index (κ2) is 6.10. The first-order valence-electron chi connectivity index (χ1n) is 6.77. The third-order valence-electron chi connectivity index (χ3n) is 3.15. The molecule has 0 aliphatic carbocycles. The molecule has 3 heteroatoms. The average Bonchev–Trinajstić information content (AvgIpc) is 2.33. The van der Waals surface area contributed by atoms with E-state index in [2.05, 4.69) is 24.4 Å². The van der Waals surface area contributed by atoms with Gasteiger partial charge in [-0.1, -0.05) is 0 Å². The average molecular weight is 249 g/mol. The zero-order valence-corrected chi connectivity index (χ0v) is 11.5. The molecule has 1 saturated heterocycles. The molecule has 1 aliphatic rings. The Hall–Kier alpha value is -1.22. The molecule has 18 heavy (non-hydrogen) atoms. The molecule has 1 fully saturated rings. The van der Waals surface area contributed by atoms with E-state index in [0.717, 1.165) is 31.8 Å². The van der Waals surface area contributed by atoms with Crippen molar-refractivity contribution in [2.24, 2.45) is 0 Å². The summed E-state index contributed by atoms with van der Waals surface area (Å²) >= 11 is 0. The highest BCUT2D eigenvalue weighted by atomic mass is 16.5. The van der Waals surface area contributed by atoms with Gasteiger partial charge in [-0.3, -0.25) is 0 Å². The fourth-order valence-corrected chi connectivity index (χ4v) is 2.21. The molecular formula is C15H23NO2. The van der Waals surface area contributed by atoms with Crippen molar-refractivity contribution in [1.82, 2.24) is 0 Å². The Kier molecular flexibility index (Phi) is 4.48. The lowest BCUT2D eigenvalue weighted by atomic mass is 10.1. The first-order valence-corrected chi connectivity index (χ1v) is 6.77. The number of aryl methyl sites for hydroxylation is 1. The summed E-state index contributed by atoms with van der Waals surface area (Å²) in [5.41, 5.74) is 2.44. The van der Waals surface area contributed by atoms with E-state index >= 15 is 0 Å². The number of benzene rings is 1. The number of hydrogen-bond acceptors (Lipinski definition) is 3. The highest BCUT2D eigenvalue weighted by Gasteiger charge is 2.14. The van der Waals surface area contributed by atoms with Crippen LogP contribution < -0.4 is 10.1 Å². The lowest BCUT2D eigenvalue weighted by molar-refractivity contribution is 0.0904. The fourth-order valence-electron chi connectivity index (χ4n) is 2.21. The number of nitrogens with one attached hydrogen (secondary N) is 1. The molecule has 0 aromatic heterocycles. The van der Waals surface area contributed by atoms with Crippen molar-refractivity contribution in [2.45, 2.75) is 45.8 Å². The van der Waals surface area contributed by atoms with E-state index in [0.29, 0.717) is 6.04 Å². The van der Waals surface area contributed by atoms with Crippen molar-refractivity contribution in [3.8, 4) is 5.75 Å². The highest BCUT2D eigenvalue weighted by molar-refractivity contribution is 5.54. The van der Waals surface area contributed by atoms with Gasteiger partial charge >= 0.3 is 0 Å². The van der Waals surface area contributed by atoms with Crippen molar-refractivity contribution in [3.05, 3.63) is 23.8 Å². The minimum absolute atomic E-state index is 0.221. The molecule has 0 bridgehead atoms. The largest absolute Gasteiger partial charge is 0.491 e. The number of rotatable bonds is 4. The molecule has 0 atom stereocenters. The minimum Gasteiger partial charge on any atom is -0.491 e. The van der Waals surface area contributed by atoms with Crippen molar-refractivity contribution in [1.29, 1.82) is 0 Å². The monoisotopic (exact) mass is 249 g/mol. The Morgan fingerprint density at radius 2 is 2.00 bits per heavy atom. The molecule has 0 saturated carbocycles. The van der Waals surface area contributed by atoms with E-state index in [1.165, 1.54) is 11.3 Å². The Bertz CT molecular complexity index is 384. The lowest BCUT2D eigenvalue weighted by Gasteiger charge is -2.25. The molecule has 1 aliphatic heterocycles. The van der Waals surface area contributed by atoms with Gasteiger partial charge < -0.3 is 14.8 Å². The summed E-state index contributed by atoms with van der Waals surface area (Å²) in [4.78, 5) is 0. The van der Waals surface area contributed by atoms with Gasteiger partial charge in [0, 0.05) is 24.9 Å². The maximum absolute atomic E-state index is 5.69. The minimum atomic E-state index is 0.221. The Morgan fingerprint density at radius 1 is 1.28 bits per heavy atom. The second-order valence-electron chi connectivity index (χ2n) is 5.17. The van der Waals surface area contributed by atoms with Gasteiger partial charge in [0.25, 0.3) is 0 Å². The fraction of sp³-hybridized carbons (Fsp3) is 0.600. The molecule has 3 nitrogen and oxygen atoms in total. The van der Waals surface area contributed by atoms with Crippen LogP contribution in [0.1, 0.15) is 32.3 Å². The summed E-state index contributed by atoms with van der Waals surface area (Å²) in [5.74, 6) is 0.944. The van der Waals surface area contributed by atoms with Gasteiger partial charge in [0.05, 0.1) is 6.10 Å². The lowest BCUT2D eigenvalue weighted by Crippen LogP contribution is -2.28. The summed E-state index contributed by atoms with van der Waals surface area (Å²) in [6, 6.07) is 6.79. The van der Waals surface area contributed by atoms with Crippen LogP contribution in [0.5, 0.6) is 5.75 Å². The zero-order valence-electron chi connectivity index (χ0n) is 11.5. The van der Waals surface area contributed by atoms with Crippen LogP contribution >= 0.6 is 0 Å². The third-order valence-corrected chi connectivity index (χ3v) is 3.15. The molecule has 0 unspecified atom stereocenters. The molecule has 1 heterocycles. The summed E-state index contributed by atoms with van der Waals surface area (Å²) < 4.78 is 11.1. The van der Waals surface area contributed by atoms with Crippen LogP contribution in [0.2, 0.25) is 0 Å². The summed E-state index contributed by atoms with van der Waals surface area (Å²) in [6.07, 6.45) is 2.39. The maximum atomic E-state index is 5.69. The van der Waals surface area contributed by atoms with E-state index in [1.807, 2.05) is 19.9 Å². The van der Waals surface area contributed by atoms with Gasteiger partial charge in [0.1, 0.15) is 5.75 Å². The van der Waals surface area contributed by atoms with Crippen LogP contribution in [0.4, 0.5) is 5.69 Å². The van der Waals surface area contributed by atoms with Crippen molar-refractivity contribution >= 4 is 5.69 Å². The van der Waals surface area contributed by atoms with Gasteiger partial charge in [-0.15, -0.1) is 0 Å². The summed E-state index contributed by atoms with van der Waals surface area (Å²) in [5, 5.41) is 3.59. The molecule has 1 aromatic carbocycles. The molecule has 2 rings (SSSR count). The van der Waals surface area contributed by atoms with E-state index in [1.54, 1.807) is 0 Å². The summed E-state index contributed by atoms with van der Waals surface area (Å²) in [7, 11) is 0. The molecule has 0 amide bonds. The second-order valence-corrected chi connectivity index (χ2v) is 5.17. The topological polar surface area (TPSA) is 30.5 Å². The van der Waals surface area contributed by atoms with Gasteiger partial charge in [0.2, 0.25) is 0 Å². The van der Waals surface area contributed by atoms with E-state index < -0.39 is 0 Å². The van der Waals surface area contributed by atoms with Gasteiger partial charge in [-0.25, -0.2) is 0 Å². The van der Waals surface area contributed by atoms with Crippen LogP contribution in [-0.2, 0) is 4.74 Å². The molecular weight excluding hydrogens is 226 g/mol. The van der Waals surface area contributed by atoms with Crippen LogP contribution in [0.3, 0.4) is 0 Å². The predicted octanol–water partition coefficient (Wildman–Crippen LogP) is 3.37. The Morgan fingerprint density at radius 3 is 2.61 bits per heavy atom. The van der Waals surface area contributed by atoms with E-state index in [9.17, 15) is 0 Å². The highest BCUT2D eigenvalue weighted by Crippen LogP contribution is 2.24. The van der Waals surface area contributed by atoms with Crippen LogP contribution in [-0.4, -0.2) is 25.4 Å². The quantitative estimate of drug-likeness (QED) is 0.887. The molecule has 1 aromatic rings. The van der Waals surface area contributed by atoms with Crippen molar-refractivity contribution in [3.63, 3.8) is 0 Å². The molecule has 1 N–H and O–H groups in total. The summed E-state index contributed by atoms with van der Waals surface area (Å²) in [6.45, 7) is 7.94. The zero-order chi connectivity index (χ0) is 13.0. The van der Waals surface area contributed by atoms with Gasteiger partial charge in [-0.05, 0) is 57.4 Å². The molecule has 100 valence electrons. The third kappa shape index (κ3) is 3.64. The molecule has 0 radical (unpaired) electrons. The first kappa shape index (κ1) is 13.2. The maximum Gasteiger partial charge on any atom is 0.120 e. The number of ether oxygens (including phenoxy) is 2. The number of anilines is 1. The van der Waals surface area contributed by atoms with E-state index in [-0.39, 0.29) is 6.10 Å². The number of hydrogen-bond donors (Lipinski definition) is 1. The predicted molar refractivity (Wildman–Crippen MR) is 74.4 cm³/mol. The van der Waals surface area contributed by atoms with Crippen molar-refractivity contribution < 1.29 is 9.47 Å². The van der Waals surface area contributed by atoms with Gasteiger partial charge in [0.15, 0.2) is 0 Å². The Labute approximate surface area is 109 Å². The standard InChI is InChI=1S/C15H23NO2/c1-11(2)18-14-4-5-15(12(3)10-14)16-13-6-8-17-9-7-13/h4-5,10-11,13,16H,6-9H2,1-3H3. The first-order chi connectivity index (χ1) is 8.65. The van der Waals surface area contributed by atoms with Crippen molar-refractivity contribution in [2.75, 3.05) is 18.5 Å². The Balaban J connectivity index is 2.00.